The molecule has 5 nitrogen and oxygen atoms in total. The lowest BCUT2D eigenvalue weighted by Crippen LogP contribution is -2.63. The van der Waals surface area contributed by atoms with Crippen LogP contribution in [0, 0.1) is 0 Å². The average Bonchev–Trinajstić information content (AvgIpc) is 2.31. The highest BCUT2D eigenvalue weighted by Crippen LogP contribution is 1.97. The molecule has 15 heavy (non-hydrogen) atoms. The van der Waals surface area contributed by atoms with Crippen LogP contribution in [0.4, 0.5) is 0 Å². The third-order valence-electron chi connectivity index (χ3n) is 2.17. The molecule has 4 N–H and O–H groups in total. The van der Waals surface area contributed by atoms with E-state index in [2.05, 4.69) is 21.3 Å². The first-order valence-corrected chi connectivity index (χ1v) is 4.90. The fourth-order valence-electron chi connectivity index (χ4n) is 1.39. The van der Waals surface area contributed by atoms with Crippen molar-refractivity contribution < 1.29 is 4.79 Å². The highest BCUT2D eigenvalue weighted by atomic mass is 16.2. The molecule has 0 spiro atoms. The lowest BCUT2D eigenvalue weighted by molar-refractivity contribution is 0.0910. The van der Waals surface area contributed by atoms with E-state index in [4.69, 9.17) is 0 Å². The first kappa shape index (κ1) is 10.1. The van der Waals surface area contributed by atoms with Gasteiger partial charge in [-0.05, 0) is 12.1 Å². The van der Waals surface area contributed by atoms with Crippen molar-refractivity contribution in [1.29, 1.82) is 0 Å². The average molecular weight is 206 g/mol. The fourth-order valence-corrected chi connectivity index (χ4v) is 1.39. The van der Waals surface area contributed by atoms with Crippen LogP contribution < -0.4 is 21.3 Å². The predicted molar refractivity (Wildman–Crippen MR) is 56.8 cm³/mol. The van der Waals surface area contributed by atoms with E-state index in [1.54, 1.807) is 12.1 Å². The summed E-state index contributed by atoms with van der Waals surface area (Å²) in [7, 11) is 0. The smallest absolute Gasteiger partial charge is 0.253 e. The van der Waals surface area contributed by atoms with Crippen molar-refractivity contribution in [3.8, 4) is 0 Å². The van der Waals surface area contributed by atoms with Gasteiger partial charge in [0, 0.05) is 18.9 Å². The molecular formula is C10H14N4O. The fraction of sp³-hybridized carbons (Fsp3) is 0.300. The van der Waals surface area contributed by atoms with Gasteiger partial charge in [-0.3, -0.25) is 20.7 Å². The second kappa shape index (κ2) is 4.88. The van der Waals surface area contributed by atoms with E-state index >= 15 is 0 Å². The summed E-state index contributed by atoms with van der Waals surface area (Å²) in [6, 6.07) is 9.15. The summed E-state index contributed by atoms with van der Waals surface area (Å²) >= 11 is 0. The molecule has 1 aliphatic rings. The van der Waals surface area contributed by atoms with Crippen molar-refractivity contribution >= 4 is 5.91 Å². The van der Waals surface area contributed by atoms with Crippen LogP contribution in [-0.4, -0.2) is 25.5 Å². The third kappa shape index (κ3) is 2.76. The zero-order chi connectivity index (χ0) is 10.5. The number of nitrogens with one attached hydrogen (secondary N) is 4. The second-order valence-corrected chi connectivity index (χ2v) is 3.28. The van der Waals surface area contributed by atoms with E-state index in [9.17, 15) is 4.79 Å². The second-order valence-electron chi connectivity index (χ2n) is 3.28. The number of rotatable bonds is 2. The highest BCUT2D eigenvalue weighted by molar-refractivity contribution is 5.94. The number of carbonyl (C=O) groups excluding carboxylic acids is 1. The van der Waals surface area contributed by atoms with Gasteiger partial charge in [-0.25, -0.2) is 0 Å². The molecule has 1 saturated heterocycles. The number of amides is 1. The van der Waals surface area contributed by atoms with Gasteiger partial charge in [0.25, 0.3) is 5.91 Å². The molecule has 0 aliphatic carbocycles. The van der Waals surface area contributed by atoms with Crippen LogP contribution in [0.25, 0.3) is 0 Å². The molecule has 1 aromatic carbocycles. The Bertz CT molecular complexity index is 321. The first-order valence-electron chi connectivity index (χ1n) is 4.90. The monoisotopic (exact) mass is 206 g/mol. The lowest BCUT2D eigenvalue weighted by Gasteiger charge is -2.26. The SMILES string of the molecule is O=C(NC1NCNCN1)c1ccccc1. The van der Waals surface area contributed by atoms with Gasteiger partial charge in [-0.15, -0.1) is 0 Å². The maximum Gasteiger partial charge on any atom is 0.253 e. The zero-order valence-corrected chi connectivity index (χ0v) is 8.29. The summed E-state index contributed by atoms with van der Waals surface area (Å²) < 4.78 is 0. The minimum atomic E-state index is -0.168. The van der Waals surface area contributed by atoms with Crippen molar-refractivity contribution in [2.24, 2.45) is 0 Å². The van der Waals surface area contributed by atoms with E-state index in [0.717, 1.165) is 0 Å². The summed E-state index contributed by atoms with van der Waals surface area (Å²) in [6.07, 6.45) is -0.168. The maximum absolute atomic E-state index is 11.7. The minimum Gasteiger partial charge on any atom is -0.324 e. The Kier molecular flexibility index (Phi) is 3.29. The summed E-state index contributed by atoms with van der Waals surface area (Å²) in [5.41, 5.74) is 0.666. The summed E-state index contributed by atoms with van der Waals surface area (Å²) in [5.74, 6) is -0.0810. The quantitative estimate of drug-likeness (QED) is 0.521. The molecule has 5 heteroatoms. The van der Waals surface area contributed by atoms with Gasteiger partial charge in [-0.2, -0.15) is 0 Å². The van der Waals surface area contributed by atoms with Crippen molar-refractivity contribution in [2.75, 3.05) is 13.3 Å². The molecule has 0 atom stereocenters. The molecule has 0 saturated carbocycles. The Hall–Kier alpha value is -1.43. The molecule has 0 aromatic heterocycles. The largest absolute Gasteiger partial charge is 0.324 e. The van der Waals surface area contributed by atoms with Crippen LogP contribution in [0.5, 0.6) is 0 Å². The van der Waals surface area contributed by atoms with Crippen molar-refractivity contribution in [3.63, 3.8) is 0 Å². The standard InChI is InChI=1S/C10H14N4O/c15-9(8-4-2-1-3-5-8)14-10-12-6-11-7-13-10/h1-5,10-13H,6-7H2,(H,14,15). The van der Waals surface area contributed by atoms with Gasteiger partial charge < -0.3 is 5.32 Å². The number of hydrogen-bond acceptors (Lipinski definition) is 4. The Labute approximate surface area is 88.2 Å². The van der Waals surface area contributed by atoms with Crippen molar-refractivity contribution in [2.45, 2.75) is 6.29 Å². The van der Waals surface area contributed by atoms with Crippen LogP contribution in [0.2, 0.25) is 0 Å². The van der Waals surface area contributed by atoms with Crippen LogP contribution in [0.15, 0.2) is 30.3 Å². The molecule has 1 heterocycles. The zero-order valence-electron chi connectivity index (χ0n) is 8.29. The molecule has 1 fully saturated rings. The summed E-state index contributed by atoms with van der Waals surface area (Å²) in [5, 5.41) is 12.0. The number of hydrogen-bond donors (Lipinski definition) is 4. The van der Waals surface area contributed by atoms with Crippen LogP contribution in [-0.2, 0) is 0 Å². The van der Waals surface area contributed by atoms with Crippen LogP contribution in [0.3, 0.4) is 0 Å². The molecule has 0 radical (unpaired) electrons. The van der Waals surface area contributed by atoms with E-state index in [1.807, 2.05) is 18.2 Å². The van der Waals surface area contributed by atoms with Gasteiger partial charge in [0.15, 0.2) is 0 Å². The Morgan fingerprint density at radius 3 is 2.53 bits per heavy atom. The van der Waals surface area contributed by atoms with E-state index in [1.165, 1.54) is 0 Å². The van der Waals surface area contributed by atoms with Gasteiger partial charge in [0.1, 0.15) is 6.29 Å². The van der Waals surface area contributed by atoms with Gasteiger partial charge >= 0.3 is 0 Å². The predicted octanol–water partition coefficient (Wildman–Crippen LogP) is -0.603. The molecule has 80 valence electrons. The molecule has 1 aliphatic heterocycles. The van der Waals surface area contributed by atoms with Crippen molar-refractivity contribution in [1.82, 2.24) is 21.3 Å². The van der Waals surface area contributed by atoms with Crippen molar-refractivity contribution in [3.05, 3.63) is 35.9 Å². The van der Waals surface area contributed by atoms with Gasteiger partial charge in [-0.1, -0.05) is 18.2 Å². The Balaban J connectivity index is 1.91. The molecule has 1 amide bonds. The van der Waals surface area contributed by atoms with Crippen LogP contribution in [0.1, 0.15) is 10.4 Å². The normalized spacial score (nSPS) is 17.3. The molecule has 1 aromatic rings. The summed E-state index contributed by atoms with van der Waals surface area (Å²) in [6.45, 7) is 1.37. The topological polar surface area (TPSA) is 65.2 Å². The third-order valence-corrected chi connectivity index (χ3v) is 2.17. The first-order chi connectivity index (χ1) is 7.36. The minimum absolute atomic E-state index is 0.0810. The molecule has 0 bridgehead atoms. The van der Waals surface area contributed by atoms with Gasteiger partial charge in [0.05, 0.1) is 0 Å². The molecule has 2 rings (SSSR count). The van der Waals surface area contributed by atoms with E-state index in [0.29, 0.717) is 18.9 Å². The van der Waals surface area contributed by atoms with Gasteiger partial charge in [0.2, 0.25) is 0 Å². The Morgan fingerprint density at radius 1 is 1.20 bits per heavy atom. The molecular weight excluding hydrogens is 192 g/mol. The maximum atomic E-state index is 11.7. The Morgan fingerprint density at radius 2 is 1.87 bits per heavy atom. The number of carbonyl (C=O) groups is 1. The highest BCUT2D eigenvalue weighted by Gasteiger charge is 2.13. The van der Waals surface area contributed by atoms with E-state index in [-0.39, 0.29) is 12.2 Å². The van der Waals surface area contributed by atoms with Crippen LogP contribution >= 0.6 is 0 Å². The van der Waals surface area contributed by atoms with E-state index < -0.39 is 0 Å². The molecule has 0 unspecified atom stereocenters. The summed E-state index contributed by atoms with van der Waals surface area (Å²) in [4.78, 5) is 11.7. The lowest BCUT2D eigenvalue weighted by atomic mass is 10.2. The number of benzene rings is 1.